The van der Waals surface area contributed by atoms with Gasteiger partial charge >= 0.3 is 0 Å². The summed E-state index contributed by atoms with van der Waals surface area (Å²) in [5, 5.41) is 3.35. The van der Waals surface area contributed by atoms with Crippen molar-refractivity contribution in [1.82, 2.24) is 4.98 Å². The molecule has 1 saturated carbocycles. The molecule has 1 aliphatic carbocycles. The van der Waals surface area contributed by atoms with Crippen molar-refractivity contribution in [1.29, 1.82) is 0 Å². The van der Waals surface area contributed by atoms with Gasteiger partial charge in [0.25, 0.3) is 0 Å². The maximum atomic E-state index is 5.90. The fourth-order valence-corrected chi connectivity index (χ4v) is 2.58. The Hall–Kier alpha value is -1.10. The van der Waals surface area contributed by atoms with Gasteiger partial charge in [-0.15, -0.1) is 0 Å². The molecule has 0 bridgehead atoms. The molecule has 0 radical (unpaired) electrons. The van der Waals surface area contributed by atoms with Crippen LogP contribution in [0.15, 0.2) is 12.1 Å². The molecule has 0 atom stereocenters. The summed E-state index contributed by atoms with van der Waals surface area (Å²) in [6.45, 7) is 1.70. The second-order valence-electron chi connectivity index (χ2n) is 5.68. The topological polar surface area (TPSA) is 60.2 Å². The highest BCUT2D eigenvalue weighted by atomic mass is 32.2. The number of hydrogen-bond donors (Lipinski definition) is 2. The number of aromatic nitrogens is 1. The Morgan fingerprint density at radius 2 is 2.10 bits per heavy atom. The smallest absolute Gasteiger partial charge is 0.239 e. The van der Waals surface area contributed by atoms with Gasteiger partial charge in [0.1, 0.15) is 5.82 Å². The lowest BCUT2D eigenvalue weighted by molar-refractivity contribution is 0.290. The predicted molar refractivity (Wildman–Crippen MR) is 92.2 cm³/mol. The minimum absolute atomic E-state index is 0.576. The van der Waals surface area contributed by atoms with Crippen LogP contribution in [0, 0.1) is 5.92 Å². The minimum Gasteiger partial charge on any atom is -0.476 e. The number of pyridine rings is 1. The molecule has 0 aromatic carbocycles. The molecule has 1 heterocycles. The average molecular weight is 309 g/mol. The zero-order valence-electron chi connectivity index (χ0n) is 12.9. The highest BCUT2D eigenvalue weighted by Gasteiger charge is 2.22. The van der Waals surface area contributed by atoms with Gasteiger partial charge < -0.3 is 15.8 Å². The molecular formula is C16H27N3OS. The molecule has 21 heavy (non-hydrogen) atoms. The average Bonchev–Trinajstić information content (AvgIpc) is 3.31. The van der Waals surface area contributed by atoms with Crippen molar-refractivity contribution in [2.45, 2.75) is 38.5 Å². The largest absolute Gasteiger partial charge is 0.476 e. The number of anilines is 2. The Kier molecular flexibility index (Phi) is 7.00. The molecule has 0 saturated heterocycles. The van der Waals surface area contributed by atoms with E-state index in [1.165, 1.54) is 44.3 Å². The molecule has 0 amide bonds. The van der Waals surface area contributed by atoms with E-state index >= 15 is 0 Å². The highest BCUT2D eigenvalue weighted by Crippen LogP contribution is 2.30. The van der Waals surface area contributed by atoms with E-state index in [2.05, 4.69) is 16.6 Å². The van der Waals surface area contributed by atoms with E-state index in [1.807, 2.05) is 23.9 Å². The monoisotopic (exact) mass is 309 g/mol. The lowest BCUT2D eigenvalue weighted by atomic mass is 10.2. The van der Waals surface area contributed by atoms with E-state index in [0.717, 1.165) is 19.0 Å². The Balaban J connectivity index is 1.66. The van der Waals surface area contributed by atoms with E-state index in [4.69, 9.17) is 10.5 Å². The van der Waals surface area contributed by atoms with Gasteiger partial charge in [0.2, 0.25) is 5.88 Å². The first-order valence-corrected chi connectivity index (χ1v) is 9.31. The molecule has 1 fully saturated rings. The summed E-state index contributed by atoms with van der Waals surface area (Å²) < 4.78 is 5.69. The van der Waals surface area contributed by atoms with Gasteiger partial charge in [0.05, 0.1) is 12.3 Å². The molecule has 1 aromatic rings. The van der Waals surface area contributed by atoms with E-state index in [9.17, 15) is 0 Å². The van der Waals surface area contributed by atoms with E-state index < -0.39 is 0 Å². The van der Waals surface area contributed by atoms with E-state index in [1.54, 1.807) is 0 Å². The van der Waals surface area contributed by atoms with Crippen molar-refractivity contribution in [3.63, 3.8) is 0 Å². The van der Waals surface area contributed by atoms with Crippen LogP contribution >= 0.6 is 11.8 Å². The quantitative estimate of drug-likeness (QED) is 0.609. The molecular weight excluding hydrogens is 282 g/mol. The fourth-order valence-electron chi connectivity index (χ4n) is 2.09. The minimum atomic E-state index is 0.576. The number of nitrogens with zero attached hydrogens (tertiary/aromatic N) is 1. The SMILES string of the molecule is CSCCCCCCNc1ccc(N)c(OCC2CC2)n1. The van der Waals surface area contributed by atoms with Gasteiger partial charge in [-0.2, -0.15) is 16.7 Å². The first kappa shape index (κ1) is 16.3. The van der Waals surface area contributed by atoms with Crippen LogP contribution < -0.4 is 15.8 Å². The van der Waals surface area contributed by atoms with Gasteiger partial charge in [-0.05, 0) is 55.7 Å². The summed E-state index contributed by atoms with van der Waals surface area (Å²) in [5.41, 5.74) is 6.53. The first-order valence-electron chi connectivity index (χ1n) is 7.91. The van der Waals surface area contributed by atoms with Crippen LogP contribution in [-0.4, -0.2) is 30.1 Å². The highest BCUT2D eigenvalue weighted by molar-refractivity contribution is 7.98. The normalized spacial score (nSPS) is 14.1. The van der Waals surface area contributed by atoms with Crippen molar-refractivity contribution in [2.24, 2.45) is 5.92 Å². The molecule has 0 spiro atoms. The van der Waals surface area contributed by atoms with Crippen LogP contribution in [0.1, 0.15) is 38.5 Å². The number of ether oxygens (including phenoxy) is 1. The molecule has 4 nitrogen and oxygen atoms in total. The summed E-state index contributed by atoms with van der Waals surface area (Å²) in [7, 11) is 0. The van der Waals surface area contributed by atoms with E-state index in [0.29, 0.717) is 17.5 Å². The zero-order valence-corrected chi connectivity index (χ0v) is 13.8. The number of hydrogen-bond acceptors (Lipinski definition) is 5. The summed E-state index contributed by atoms with van der Waals surface area (Å²) in [6, 6.07) is 3.79. The third-order valence-corrected chi connectivity index (χ3v) is 4.32. The molecule has 2 rings (SSSR count). The summed E-state index contributed by atoms with van der Waals surface area (Å²) >= 11 is 1.92. The zero-order chi connectivity index (χ0) is 14.9. The Morgan fingerprint density at radius 3 is 2.86 bits per heavy atom. The molecule has 0 aliphatic heterocycles. The fraction of sp³-hybridized carbons (Fsp3) is 0.688. The van der Waals surface area contributed by atoms with Crippen LogP contribution in [0.25, 0.3) is 0 Å². The molecule has 3 N–H and O–H groups in total. The molecule has 1 aromatic heterocycles. The number of thioether (sulfide) groups is 1. The Labute approximate surface area is 132 Å². The number of nitrogen functional groups attached to an aromatic ring is 1. The lowest BCUT2D eigenvalue weighted by Crippen LogP contribution is -2.07. The van der Waals surface area contributed by atoms with Crippen LogP contribution in [0.5, 0.6) is 5.88 Å². The van der Waals surface area contributed by atoms with Gasteiger partial charge in [0.15, 0.2) is 0 Å². The predicted octanol–water partition coefficient (Wildman–Crippen LogP) is 3.79. The van der Waals surface area contributed by atoms with Crippen LogP contribution in [-0.2, 0) is 0 Å². The van der Waals surface area contributed by atoms with Crippen LogP contribution in [0.4, 0.5) is 11.5 Å². The van der Waals surface area contributed by atoms with Gasteiger partial charge in [-0.25, -0.2) is 0 Å². The van der Waals surface area contributed by atoms with Gasteiger partial charge in [-0.3, -0.25) is 0 Å². The molecule has 118 valence electrons. The first-order chi connectivity index (χ1) is 10.3. The molecule has 0 unspecified atom stereocenters. The number of nitrogens with one attached hydrogen (secondary N) is 1. The number of rotatable bonds is 11. The number of nitrogens with two attached hydrogens (primary N) is 1. The van der Waals surface area contributed by atoms with Crippen molar-refractivity contribution < 1.29 is 4.74 Å². The standard InChI is InChI=1S/C16H27N3OS/c1-21-11-5-3-2-4-10-18-15-9-8-14(17)16(19-15)20-12-13-6-7-13/h8-9,13H,2-7,10-12,17H2,1H3,(H,18,19). The molecule has 1 aliphatic rings. The Bertz CT molecular complexity index is 424. The van der Waals surface area contributed by atoms with E-state index in [-0.39, 0.29) is 0 Å². The van der Waals surface area contributed by atoms with Crippen molar-refractivity contribution >= 4 is 23.3 Å². The van der Waals surface area contributed by atoms with Crippen molar-refractivity contribution in [3.8, 4) is 5.88 Å². The maximum absolute atomic E-state index is 5.90. The summed E-state index contributed by atoms with van der Waals surface area (Å²) in [6.07, 6.45) is 9.79. The van der Waals surface area contributed by atoms with Crippen LogP contribution in [0.2, 0.25) is 0 Å². The third kappa shape index (κ3) is 6.46. The summed E-state index contributed by atoms with van der Waals surface area (Å²) in [4.78, 5) is 4.46. The number of unbranched alkanes of at least 4 members (excludes halogenated alkanes) is 3. The maximum Gasteiger partial charge on any atom is 0.239 e. The van der Waals surface area contributed by atoms with Gasteiger partial charge in [-0.1, -0.05) is 12.8 Å². The second kappa shape index (κ2) is 9.03. The van der Waals surface area contributed by atoms with Crippen LogP contribution in [0.3, 0.4) is 0 Å². The third-order valence-electron chi connectivity index (χ3n) is 3.62. The van der Waals surface area contributed by atoms with Gasteiger partial charge in [0, 0.05) is 6.54 Å². The Morgan fingerprint density at radius 1 is 1.29 bits per heavy atom. The molecule has 5 heteroatoms. The van der Waals surface area contributed by atoms with Crippen molar-refractivity contribution in [2.75, 3.05) is 36.2 Å². The van der Waals surface area contributed by atoms with Crippen molar-refractivity contribution in [3.05, 3.63) is 12.1 Å². The lowest BCUT2D eigenvalue weighted by Gasteiger charge is -2.10. The second-order valence-corrected chi connectivity index (χ2v) is 6.66. The summed E-state index contributed by atoms with van der Waals surface area (Å²) in [5.74, 6) is 3.42.